The number of anilines is 1. The van der Waals surface area contributed by atoms with E-state index in [1.807, 2.05) is 30.3 Å². The topological polar surface area (TPSA) is 57.6 Å². The first-order valence-corrected chi connectivity index (χ1v) is 11.6. The van der Waals surface area contributed by atoms with Crippen LogP contribution in [-0.2, 0) is 16.0 Å². The highest BCUT2D eigenvalue weighted by Crippen LogP contribution is 2.44. The highest BCUT2D eigenvalue weighted by Gasteiger charge is 2.47. The zero-order valence-electron chi connectivity index (χ0n) is 18.1. The van der Waals surface area contributed by atoms with E-state index >= 15 is 0 Å². The molecule has 4 nitrogen and oxygen atoms in total. The Labute approximate surface area is 203 Å². The van der Waals surface area contributed by atoms with E-state index in [0.717, 1.165) is 24.8 Å². The quantitative estimate of drug-likeness (QED) is 0.236. The summed E-state index contributed by atoms with van der Waals surface area (Å²) < 4.78 is 0. The van der Waals surface area contributed by atoms with Crippen LogP contribution < -0.4 is 4.90 Å². The summed E-state index contributed by atoms with van der Waals surface area (Å²) in [6.07, 6.45) is 3.10. The summed E-state index contributed by atoms with van der Waals surface area (Å²) >= 11 is 12.6. The molecule has 0 radical (unpaired) electrons. The van der Waals surface area contributed by atoms with Crippen LogP contribution >= 0.6 is 23.2 Å². The summed E-state index contributed by atoms with van der Waals surface area (Å²) in [5, 5.41) is 11.8. The number of nitrogens with zero attached hydrogens (tertiary/aromatic N) is 1. The van der Waals surface area contributed by atoms with Gasteiger partial charge in [0.05, 0.1) is 11.6 Å². The molecule has 1 saturated heterocycles. The van der Waals surface area contributed by atoms with Gasteiger partial charge in [-0.05, 0) is 48.2 Å². The fourth-order valence-corrected chi connectivity index (χ4v) is 4.58. The average Bonchev–Trinajstić information content (AvgIpc) is 3.08. The maximum atomic E-state index is 13.2. The second kappa shape index (κ2) is 9.82. The number of aryl methyl sites for hydroxylation is 1. The summed E-state index contributed by atoms with van der Waals surface area (Å²) in [4.78, 5) is 27.8. The number of halogens is 2. The zero-order chi connectivity index (χ0) is 23.5. The van der Waals surface area contributed by atoms with Crippen LogP contribution in [0.2, 0.25) is 10.0 Å². The molecule has 1 fully saturated rings. The number of benzene rings is 3. The molecule has 6 heteroatoms. The third-order valence-electron chi connectivity index (χ3n) is 5.78. The molecule has 1 aliphatic rings. The predicted octanol–water partition coefficient (Wildman–Crippen LogP) is 6.96. The second-order valence-corrected chi connectivity index (χ2v) is 8.81. The number of carbonyl (C=O) groups excluding carboxylic acids is 2. The van der Waals surface area contributed by atoms with Gasteiger partial charge in [0.25, 0.3) is 11.7 Å². The van der Waals surface area contributed by atoms with E-state index in [4.69, 9.17) is 23.2 Å². The Morgan fingerprint density at radius 3 is 2.30 bits per heavy atom. The van der Waals surface area contributed by atoms with Gasteiger partial charge in [0.15, 0.2) is 0 Å². The molecular formula is C27H23Cl2NO3. The highest BCUT2D eigenvalue weighted by atomic mass is 35.5. The van der Waals surface area contributed by atoms with Gasteiger partial charge in [-0.1, -0.05) is 85.1 Å². The van der Waals surface area contributed by atoms with Gasteiger partial charge >= 0.3 is 0 Å². The Morgan fingerprint density at radius 1 is 0.970 bits per heavy atom. The van der Waals surface area contributed by atoms with E-state index in [1.54, 1.807) is 42.5 Å². The van der Waals surface area contributed by atoms with Gasteiger partial charge in [0.1, 0.15) is 5.76 Å². The number of rotatable bonds is 6. The Balaban J connectivity index is 1.88. The van der Waals surface area contributed by atoms with Crippen molar-refractivity contribution in [2.75, 3.05) is 4.90 Å². The summed E-state index contributed by atoms with van der Waals surface area (Å²) in [7, 11) is 0. The molecule has 4 rings (SSSR count). The second-order valence-electron chi connectivity index (χ2n) is 7.97. The van der Waals surface area contributed by atoms with Gasteiger partial charge < -0.3 is 5.11 Å². The summed E-state index contributed by atoms with van der Waals surface area (Å²) in [6.45, 7) is 2.14. The molecule has 1 heterocycles. The minimum Gasteiger partial charge on any atom is -0.507 e. The van der Waals surface area contributed by atoms with Gasteiger partial charge in [0, 0.05) is 21.3 Å². The number of unbranched alkanes of at least 4 members (excludes halogenated alkanes) is 1. The summed E-state index contributed by atoms with van der Waals surface area (Å²) in [5.41, 5.74) is 2.65. The molecular weight excluding hydrogens is 457 g/mol. The lowest BCUT2D eigenvalue weighted by Crippen LogP contribution is -2.29. The minimum absolute atomic E-state index is 0.00881. The Kier molecular flexibility index (Phi) is 6.87. The molecule has 0 aliphatic carbocycles. The van der Waals surface area contributed by atoms with E-state index in [1.165, 1.54) is 4.90 Å². The molecule has 3 aromatic carbocycles. The maximum absolute atomic E-state index is 13.2. The lowest BCUT2D eigenvalue weighted by Gasteiger charge is -2.26. The van der Waals surface area contributed by atoms with Crippen LogP contribution in [-0.4, -0.2) is 16.8 Å². The fourth-order valence-electron chi connectivity index (χ4n) is 4.07. The molecule has 1 N–H and O–H groups in total. The zero-order valence-corrected chi connectivity index (χ0v) is 19.6. The average molecular weight is 480 g/mol. The van der Waals surface area contributed by atoms with Crippen molar-refractivity contribution in [1.29, 1.82) is 0 Å². The standard InChI is InChI=1S/C27H23Cl2NO3/c1-2-3-7-17-10-13-20(14-11-17)30-24(21-15-12-19(28)16-22(21)29)23(26(32)27(30)33)25(31)18-8-5-4-6-9-18/h4-6,8-16,24,31H,2-3,7H2,1H3. The van der Waals surface area contributed by atoms with Crippen LogP contribution in [0.5, 0.6) is 0 Å². The van der Waals surface area contributed by atoms with Crippen LogP contribution in [0.25, 0.3) is 5.76 Å². The van der Waals surface area contributed by atoms with E-state index in [0.29, 0.717) is 26.9 Å². The Bertz CT molecular complexity index is 1220. The molecule has 3 aromatic rings. The first kappa shape index (κ1) is 23.1. The molecule has 1 amide bonds. The van der Waals surface area contributed by atoms with Crippen molar-refractivity contribution in [2.24, 2.45) is 0 Å². The first-order chi connectivity index (χ1) is 15.9. The Hall–Kier alpha value is -3.08. The van der Waals surface area contributed by atoms with Crippen molar-refractivity contribution in [2.45, 2.75) is 32.2 Å². The molecule has 1 aliphatic heterocycles. The number of Topliss-reactive ketones (excluding diaryl/α,β-unsaturated/α-hetero) is 1. The predicted molar refractivity (Wildman–Crippen MR) is 133 cm³/mol. The Morgan fingerprint density at radius 2 is 1.67 bits per heavy atom. The molecule has 0 bridgehead atoms. The number of carbonyl (C=O) groups is 2. The van der Waals surface area contributed by atoms with Crippen molar-refractivity contribution < 1.29 is 14.7 Å². The number of hydrogen-bond donors (Lipinski definition) is 1. The molecule has 1 unspecified atom stereocenters. The van der Waals surface area contributed by atoms with Gasteiger partial charge in [-0.15, -0.1) is 0 Å². The van der Waals surface area contributed by atoms with Gasteiger partial charge in [-0.25, -0.2) is 0 Å². The fraction of sp³-hybridized carbons (Fsp3) is 0.185. The highest BCUT2D eigenvalue weighted by molar-refractivity contribution is 6.52. The third-order valence-corrected chi connectivity index (χ3v) is 6.34. The normalized spacial score (nSPS) is 17.5. The van der Waals surface area contributed by atoms with E-state index in [9.17, 15) is 14.7 Å². The molecule has 0 aromatic heterocycles. The van der Waals surface area contributed by atoms with Crippen molar-refractivity contribution >= 4 is 46.3 Å². The van der Waals surface area contributed by atoms with E-state index < -0.39 is 17.7 Å². The lowest BCUT2D eigenvalue weighted by atomic mass is 9.95. The lowest BCUT2D eigenvalue weighted by molar-refractivity contribution is -0.132. The molecule has 1 atom stereocenters. The van der Waals surface area contributed by atoms with Gasteiger partial charge in [-0.2, -0.15) is 0 Å². The molecule has 168 valence electrons. The van der Waals surface area contributed by atoms with Crippen molar-refractivity contribution in [1.82, 2.24) is 0 Å². The number of ketones is 1. The molecule has 33 heavy (non-hydrogen) atoms. The van der Waals surface area contributed by atoms with Crippen LogP contribution in [0.4, 0.5) is 5.69 Å². The largest absolute Gasteiger partial charge is 0.507 e. The monoisotopic (exact) mass is 479 g/mol. The number of aliphatic hydroxyl groups is 1. The number of amides is 1. The number of aliphatic hydroxyl groups excluding tert-OH is 1. The van der Waals surface area contributed by atoms with Crippen molar-refractivity contribution in [3.63, 3.8) is 0 Å². The van der Waals surface area contributed by atoms with Crippen LogP contribution in [0.3, 0.4) is 0 Å². The van der Waals surface area contributed by atoms with Crippen LogP contribution in [0.1, 0.15) is 42.5 Å². The smallest absolute Gasteiger partial charge is 0.300 e. The van der Waals surface area contributed by atoms with Crippen LogP contribution in [0, 0.1) is 0 Å². The first-order valence-electron chi connectivity index (χ1n) is 10.8. The number of hydrogen-bond acceptors (Lipinski definition) is 3. The van der Waals surface area contributed by atoms with Crippen molar-refractivity contribution in [3.05, 3.63) is 105 Å². The summed E-state index contributed by atoms with van der Waals surface area (Å²) in [6, 6.07) is 20.3. The van der Waals surface area contributed by atoms with Crippen LogP contribution in [0.15, 0.2) is 78.4 Å². The minimum atomic E-state index is -0.892. The molecule has 0 spiro atoms. The van der Waals surface area contributed by atoms with E-state index in [2.05, 4.69) is 6.92 Å². The van der Waals surface area contributed by atoms with Crippen molar-refractivity contribution in [3.8, 4) is 0 Å². The SMILES string of the molecule is CCCCc1ccc(N2C(=O)C(=O)C(=C(O)c3ccccc3)C2c2ccc(Cl)cc2Cl)cc1. The third kappa shape index (κ3) is 4.54. The maximum Gasteiger partial charge on any atom is 0.300 e. The van der Waals surface area contributed by atoms with E-state index in [-0.39, 0.29) is 11.3 Å². The van der Waals surface area contributed by atoms with Gasteiger partial charge in [-0.3, -0.25) is 14.5 Å². The summed E-state index contributed by atoms with van der Waals surface area (Å²) in [5.74, 6) is -1.72. The molecule has 0 saturated carbocycles. The van der Waals surface area contributed by atoms with Gasteiger partial charge in [0.2, 0.25) is 0 Å².